The van der Waals surface area contributed by atoms with Crippen LogP contribution in [0.25, 0.3) is 22.6 Å². The first kappa shape index (κ1) is 21.7. The van der Waals surface area contributed by atoms with Crippen LogP contribution in [0.2, 0.25) is 0 Å². The lowest BCUT2D eigenvalue weighted by Gasteiger charge is -2.21. The second-order valence-electron chi connectivity index (χ2n) is 8.13. The summed E-state index contributed by atoms with van der Waals surface area (Å²) in [6.07, 6.45) is 3.94. The van der Waals surface area contributed by atoms with E-state index >= 15 is 0 Å². The molecule has 3 aromatic rings. The highest BCUT2D eigenvalue weighted by Crippen LogP contribution is 2.27. The highest BCUT2D eigenvalue weighted by Gasteiger charge is 2.24. The van der Waals surface area contributed by atoms with Gasteiger partial charge >= 0.3 is 0 Å². The fourth-order valence-electron chi connectivity index (χ4n) is 4.10. The smallest absolute Gasteiger partial charge is 0.226 e. The van der Waals surface area contributed by atoms with Gasteiger partial charge in [-0.3, -0.25) is 4.90 Å². The van der Waals surface area contributed by atoms with Gasteiger partial charge in [0.15, 0.2) is 9.84 Å². The normalized spacial score (nSPS) is 17.3. The molecule has 2 aromatic carbocycles. The molecule has 1 aliphatic heterocycles. The fraction of sp³-hybridized carbons (Fsp3) is 0.375. The van der Waals surface area contributed by atoms with Gasteiger partial charge < -0.3 is 4.42 Å². The maximum absolute atomic E-state index is 13.1. The summed E-state index contributed by atoms with van der Waals surface area (Å²) in [6.45, 7) is 3.38. The van der Waals surface area contributed by atoms with Crippen LogP contribution in [0.3, 0.4) is 0 Å². The largest absolute Gasteiger partial charge is 0.441 e. The molecule has 164 valence electrons. The molecule has 0 unspecified atom stereocenters. The Balaban J connectivity index is 1.46. The number of sulfone groups is 1. The number of hydrogen-bond donors (Lipinski definition) is 0. The first-order valence-electron chi connectivity index (χ1n) is 10.5. The van der Waals surface area contributed by atoms with Gasteiger partial charge in [-0.25, -0.2) is 17.8 Å². The number of rotatable bonds is 7. The van der Waals surface area contributed by atoms with E-state index in [2.05, 4.69) is 9.88 Å². The minimum absolute atomic E-state index is 0.0470. The Bertz CT molecular complexity index is 1140. The molecule has 1 fully saturated rings. The molecule has 5 nitrogen and oxygen atoms in total. The van der Waals surface area contributed by atoms with Crippen molar-refractivity contribution in [1.82, 2.24) is 9.88 Å². The molecule has 0 N–H and O–H groups in total. The minimum Gasteiger partial charge on any atom is -0.441 e. The number of hydrogen-bond acceptors (Lipinski definition) is 5. The third-order valence-electron chi connectivity index (χ3n) is 5.95. The molecule has 1 aromatic heterocycles. The second kappa shape index (κ2) is 8.93. The number of aromatic nitrogens is 1. The van der Waals surface area contributed by atoms with E-state index in [1.54, 1.807) is 12.1 Å². The summed E-state index contributed by atoms with van der Waals surface area (Å²) in [5.74, 6) is 1.38. The molecule has 0 amide bonds. The molecule has 0 radical (unpaired) electrons. The summed E-state index contributed by atoms with van der Waals surface area (Å²) in [6, 6.07) is 14.8. The number of aryl methyl sites for hydroxylation is 1. The van der Waals surface area contributed by atoms with Gasteiger partial charge in [0.25, 0.3) is 0 Å². The Kier molecular flexibility index (Phi) is 6.25. The predicted molar refractivity (Wildman–Crippen MR) is 119 cm³/mol. The summed E-state index contributed by atoms with van der Waals surface area (Å²) in [7, 11) is -3.20. The number of oxazole rings is 1. The summed E-state index contributed by atoms with van der Waals surface area (Å²) < 4.78 is 42.3. The predicted octanol–water partition coefficient (Wildman–Crippen LogP) is 4.70. The highest BCUT2D eigenvalue weighted by molar-refractivity contribution is 7.90. The van der Waals surface area contributed by atoms with Gasteiger partial charge in [-0.2, -0.15) is 0 Å². The molecule has 0 saturated carbocycles. The van der Waals surface area contributed by atoms with Crippen molar-refractivity contribution in [3.63, 3.8) is 0 Å². The van der Waals surface area contributed by atoms with Crippen molar-refractivity contribution in [2.75, 3.05) is 26.0 Å². The lowest BCUT2D eigenvalue weighted by molar-refractivity contribution is 0.216. The van der Waals surface area contributed by atoms with Crippen molar-refractivity contribution in [2.45, 2.75) is 37.1 Å². The standard InChI is InChI=1S/C24H27FN2O3S/c1-17-23(13-15-27-14-3-4-21(27)16-25)26-24(30-17)20-7-5-18(6-8-20)19-9-11-22(12-10-19)31(2,28)29/h5-12,21H,3-4,13-16H2,1-2H3/t21-/m0/s1. The van der Waals surface area contributed by atoms with Crippen molar-refractivity contribution in [1.29, 1.82) is 0 Å². The van der Waals surface area contributed by atoms with Crippen LogP contribution < -0.4 is 0 Å². The van der Waals surface area contributed by atoms with Crippen LogP contribution in [-0.2, 0) is 16.3 Å². The molecule has 2 heterocycles. The summed E-state index contributed by atoms with van der Waals surface area (Å²) in [5, 5.41) is 0. The van der Waals surface area contributed by atoms with E-state index in [0.717, 1.165) is 60.5 Å². The average molecular weight is 443 g/mol. The second-order valence-corrected chi connectivity index (χ2v) is 10.1. The van der Waals surface area contributed by atoms with Crippen LogP contribution in [0.4, 0.5) is 4.39 Å². The van der Waals surface area contributed by atoms with Gasteiger partial charge in [0.05, 0.1) is 10.6 Å². The molecule has 1 saturated heterocycles. The molecule has 4 rings (SSSR count). The Labute approximate surface area is 182 Å². The monoisotopic (exact) mass is 442 g/mol. The lowest BCUT2D eigenvalue weighted by atomic mass is 10.0. The van der Waals surface area contributed by atoms with Crippen LogP contribution in [0.15, 0.2) is 57.8 Å². The molecule has 31 heavy (non-hydrogen) atoms. The SMILES string of the molecule is Cc1oc(-c2ccc(-c3ccc(S(C)(=O)=O)cc3)cc2)nc1CCN1CCC[C@H]1CF. The topological polar surface area (TPSA) is 63.4 Å². The van der Waals surface area contributed by atoms with Crippen LogP contribution in [0.5, 0.6) is 0 Å². The van der Waals surface area contributed by atoms with E-state index in [0.29, 0.717) is 10.8 Å². The first-order valence-corrected chi connectivity index (χ1v) is 12.4. The Morgan fingerprint density at radius 2 is 1.68 bits per heavy atom. The quantitative estimate of drug-likeness (QED) is 0.531. The molecule has 1 atom stereocenters. The van der Waals surface area contributed by atoms with E-state index in [1.165, 1.54) is 6.26 Å². The molecular formula is C24H27FN2O3S. The fourth-order valence-corrected chi connectivity index (χ4v) is 4.73. The summed E-state index contributed by atoms with van der Waals surface area (Å²) in [5.41, 5.74) is 3.73. The molecule has 0 aliphatic carbocycles. The van der Waals surface area contributed by atoms with Gasteiger partial charge in [-0.1, -0.05) is 24.3 Å². The number of benzene rings is 2. The van der Waals surface area contributed by atoms with Crippen molar-refractivity contribution < 1.29 is 17.2 Å². The summed E-state index contributed by atoms with van der Waals surface area (Å²) in [4.78, 5) is 7.19. The van der Waals surface area contributed by atoms with E-state index in [9.17, 15) is 12.8 Å². The number of alkyl halides is 1. The van der Waals surface area contributed by atoms with Crippen LogP contribution in [0, 0.1) is 6.92 Å². The summed E-state index contributed by atoms with van der Waals surface area (Å²) >= 11 is 0. The molecular weight excluding hydrogens is 415 g/mol. The van der Waals surface area contributed by atoms with Crippen molar-refractivity contribution in [2.24, 2.45) is 0 Å². The third-order valence-corrected chi connectivity index (χ3v) is 7.08. The van der Waals surface area contributed by atoms with Gasteiger partial charge in [0, 0.05) is 30.8 Å². The van der Waals surface area contributed by atoms with Crippen LogP contribution >= 0.6 is 0 Å². The molecule has 0 bridgehead atoms. The Hall–Kier alpha value is -2.51. The molecule has 7 heteroatoms. The first-order chi connectivity index (χ1) is 14.8. The zero-order valence-electron chi connectivity index (χ0n) is 17.8. The van der Waals surface area contributed by atoms with Gasteiger partial charge in [-0.05, 0) is 61.7 Å². The van der Waals surface area contributed by atoms with Crippen LogP contribution in [0.1, 0.15) is 24.3 Å². The van der Waals surface area contributed by atoms with Crippen molar-refractivity contribution >= 4 is 9.84 Å². The van der Waals surface area contributed by atoms with Crippen LogP contribution in [-0.4, -0.2) is 50.4 Å². The maximum atomic E-state index is 13.1. The lowest BCUT2D eigenvalue weighted by Crippen LogP contribution is -2.32. The van der Waals surface area contributed by atoms with E-state index < -0.39 is 9.84 Å². The Morgan fingerprint density at radius 3 is 2.29 bits per heavy atom. The zero-order valence-corrected chi connectivity index (χ0v) is 18.7. The van der Waals surface area contributed by atoms with Gasteiger partial charge in [-0.15, -0.1) is 0 Å². The Morgan fingerprint density at radius 1 is 1.06 bits per heavy atom. The van der Waals surface area contributed by atoms with Gasteiger partial charge in [0.2, 0.25) is 5.89 Å². The molecule has 1 aliphatic rings. The number of likely N-dealkylation sites (tertiary alicyclic amines) is 1. The minimum atomic E-state index is -3.20. The number of halogens is 1. The van der Waals surface area contributed by atoms with Crippen molar-refractivity contribution in [3.8, 4) is 22.6 Å². The van der Waals surface area contributed by atoms with E-state index in [-0.39, 0.29) is 12.7 Å². The van der Waals surface area contributed by atoms with Gasteiger partial charge in [0.1, 0.15) is 12.4 Å². The number of nitrogens with zero attached hydrogens (tertiary/aromatic N) is 2. The van der Waals surface area contributed by atoms with E-state index in [1.807, 2.05) is 43.3 Å². The average Bonchev–Trinajstić information content (AvgIpc) is 3.37. The zero-order chi connectivity index (χ0) is 22.0. The van der Waals surface area contributed by atoms with E-state index in [4.69, 9.17) is 4.42 Å². The third kappa shape index (κ3) is 4.88. The molecule has 0 spiro atoms. The maximum Gasteiger partial charge on any atom is 0.226 e. The highest BCUT2D eigenvalue weighted by atomic mass is 32.2. The van der Waals surface area contributed by atoms with Crippen molar-refractivity contribution in [3.05, 3.63) is 60.0 Å².